The summed E-state index contributed by atoms with van der Waals surface area (Å²) in [6.45, 7) is 0.493. The molecule has 0 aliphatic rings. The molecule has 0 fully saturated rings. The van der Waals surface area contributed by atoms with Crippen molar-refractivity contribution in [3.63, 3.8) is 0 Å². The summed E-state index contributed by atoms with van der Waals surface area (Å²) in [5.41, 5.74) is -0.364. The topological polar surface area (TPSA) is 185 Å². The molecule has 0 aromatic heterocycles. The Hall–Kier alpha value is -6.23. The molecular weight excluding hydrogens is 620 g/mol. The van der Waals surface area contributed by atoms with Gasteiger partial charge in [-0.15, -0.1) is 0 Å². The Kier molecular flexibility index (Phi) is 11.8. The molecule has 0 aliphatic carbocycles. The molecule has 0 atom stereocenters. The maximum atomic E-state index is 12.2. The predicted octanol–water partition coefficient (Wildman–Crippen LogP) is 7.06. The Labute approximate surface area is 275 Å². The molecule has 0 heterocycles. The maximum Gasteiger partial charge on any atom is 0.340 e. The third-order valence-electron chi connectivity index (χ3n) is 7.31. The predicted molar refractivity (Wildman–Crippen MR) is 175 cm³/mol. The fraction of sp³-hybridized carbons (Fsp3) is 0.162. The van der Waals surface area contributed by atoms with Gasteiger partial charge in [0.25, 0.3) is 0 Å². The molecular formula is C37H32O11. The van der Waals surface area contributed by atoms with Crippen molar-refractivity contribution in [2.24, 2.45) is 0 Å². The van der Waals surface area contributed by atoms with E-state index in [-0.39, 0.29) is 29.3 Å². The lowest BCUT2D eigenvalue weighted by Crippen LogP contribution is -2.13. The second-order valence-corrected chi connectivity index (χ2v) is 10.6. The Bertz CT molecular complexity index is 1840. The zero-order valence-electron chi connectivity index (χ0n) is 25.6. The molecule has 0 amide bonds. The number of hydrogen-bond acceptors (Lipinski definition) is 7. The first-order valence-electron chi connectivity index (χ1n) is 14.9. The van der Waals surface area contributed by atoms with Gasteiger partial charge in [0, 0.05) is 11.1 Å². The fourth-order valence-corrected chi connectivity index (χ4v) is 4.89. The number of carboxylic acids is 4. The highest BCUT2D eigenvalue weighted by atomic mass is 16.5. The van der Waals surface area contributed by atoms with Crippen molar-refractivity contribution in [2.45, 2.75) is 25.7 Å². The van der Waals surface area contributed by atoms with Gasteiger partial charge in [-0.1, -0.05) is 54.6 Å². The zero-order chi connectivity index (χ0) is 34.6. The summed E-state index contributed by atoms with van der Waals surface area (Å²) in [4.78, 5) is 59.4. The van der Waals surface area contributed by atoms with Crippen LogP contribution < -0.4 is 9.47 Å². The van der Waals surface area contributed by atoms with Crippen molar-refractivity contribution in [3.8, 4) is 22.6 Å². The second kappa shape index (κ2) is 16.4. The van der Waals surface area contributed by atoms with E-state index < -0.39 is 46.1 Å². The fourth-order valence-electron chi connectivity index (χ4n) is 4.89. The van der Waals surface area contributed by atoms with Crippen LogP contribution in [0, 0.1) is 0 Å². The van der Waals surface area contributed by atoms with Crippen LogP contribution in [-0.2, 0) is 0 Å². The molecule has 0 bridgehead atoms. The van der Waals surface area contributed by atoms with E-state index in [1.807, 2.05) is 42.5 Å². The average Bonchev–Trinajstić information content (AvgIpc) is 3.08. The van der Waals surface area contributed by atoms with Gasteiger partial charge in [-0.05, 0) is 79.3 Å². The van der Waals surface area contributed by atoms with Crippen LogP contribution in [-0.4, -0.2) is 63.3 Å². The molecule has 11 heteroatoms. The van der Waals surface area contributed by atoms with Gasteiger partial charge in [-0.3, -0.25) is 4.79 Å². The summed E-state index contributed by atoms with van der Waals surface area (Å²) in [6.07, 6.45) is 5.93. The molecule has 0 aliphatic heterocycles. The molecule has 48 heavy (non-hydrogen) atoms. The third kappa shape index (κ3) is 8.94. The van der Waals surface area contributed by atoms with Gasteiger partial charge in [0.15, 0.2) is 5.78 Å². The van der Waals surface area contributed by atoms with Crippen molar-refractivity contribution < 1.29 is 53.9 Å². The van der Waals surface area contributed by atoms with E-state index >= 15 is 0 Å². The van der Waals surface area contributed by atoms with Crippen LogP contribution in [0.25, 0.3) is 17.2 Å². The molecule has 0 saturated heterocycles. The maximum absolute atomic E-state index is 12.2. The Morgan fingerprint density at radius 1 is 0.583 bits per heavy atom. The van der Waals surface area contributed by atoms with E-state index in [0.29, 0.717) is 30.8 Å². The lowest BCUT2D eigenvalue weighted by molar-refractivity contribution is 0.0647. The lowest BCUT2D eigenvalue weighted by atomic mass is 9.94. The van der Waals surface area contributed by atoms with Crippen molar-refractivity contribution in [2.75, 3.05) is 13.2 Å². The number of carboxylic acid groups (broad SMARTS) is 4. The summed E-state index contributed by atoms with van der Waals surface area (Å²) < 4.78 is 11.6. The molecule has 4 aromatic carbocycles. The van der Waals surface area contributed by atoms with Gasteiger partial charge < -0.3 is 29.9 Å². The number of benzene rings is 4. The van der Waals surface area contributed by atoms with E-state index in [1.165, 1.54) is 18.2 Å². The van der Waals surface area contributed by atoms with E-state index in [0.717, 1.165) is 36.6 Å². The normalized spacial score (nSPS) is 10.8. The first-order valence-corrected chi connectivity index (χ1v) is 14.9. The van der Waals surface area contributed by atoms with Crippen LogP contribution >= 0.6 is 0 Å². The van der Waals surface area contributed by atoms with Gasteiger partial charge >= 0.3 is 23.9 Å². The number of hydrogen-bond donors (Lipinski definition) is 4. The van der Waals surface area contributed by atoms with Crippen molar-refractivity contribution >= 4 is 35.7 Å². The van der Waals surface area contributed by atoms with Crippen LogP contribution in [0.15, 0.2) is 91.0 Å². The van der Waals surface area contributed by atoms with Crippen molar-refractivity contribution in [1.29, 1.82) is 0 Å². The summed E-state index contributed by atoms with van der Waals surface area (Å²) in [5, 5.41) is 38.4. The number of ketones is 1. The Morgan fingerprint density at radius 2 is 1.19 bits per heavy atom. The van der Waals surface area contributed by atoms with Gasteiger partial charge in [0.1, 0.15) is 17.1 Å². The second-order valence-electron chi connectivity index (χ2n) is 10.6. The van der Waals surface area contributed by atoms with Crippen LogP contribution in [0.1, 0.15) is 83.0 Å². The summed E-state index contributed by atoms with van der Waals surface area (Å²) >= 11 is 0. The average molecular weight is 653 g/mol. The lowest BCUT2D eigenvalue weighted by Gasteiger charge is -2.17. The smallest absolute Gasteiger partial charge is 0.340 e. The largest absolute Gasteiger partial charge is 0.494 e. The molecule has 0 radical (unpaired) electrons. The molecule has 4 N–H and O–H groups in total. The van der Waals surface area contributed by atoms with Crippen LogP contribution in [0.2, 0.25) is 0 Å². The molecule has 0 saturated carbocycles. The number of carbonyl (C=O) groups excluding carboxylic acids is 1. The van der Waals surface area contributed by atoms with E-state index in [2.05, 4.69) is 0 Å². The molecule has 0 spiro atoms. The van der Waals surface area contributed by atoms with Gasteiger partial charge in [0.05, 0.1) is 29.9 Å². The van der Waals surface area contributed by atoms with Crippen LogP contribution in [0.5, 0.6) is 11.5 Å². The van der Waals surface area contributed by atoms with Gasteiger partial charge in [0.2, 0.25) is 0 Å². The summed E-state index contributed by atoms with van der Waals surface area (Å²) in [7, 11) is 0. The molecule has 246 valence electrons. The Balaban J connectivity index is 1.32. The third-order valence-corrected chi connectivity index (χ3v) is 7.31. The molecule has 4 aromatic rings. The molecule has 11 nitrogen and oxygen atoms in total. The summed E-state index contributed by atoms with van der Waals surface area (Å²) in [5.74, 6) is -5.64. The number of allylic oxidation sites excluding steroid dienone is 1. The van der Waals surface area contributed by atoms with Crippen LogP contribution in [0.3, 0.4) is 0 Å². The highest BCUT2D eigenvalue weighted by molar-refractivity contribution is 6.07. The van der Waals surface area contributed by atoms with E-state index in [1.54, 1.807) is 18.2 Å². The minimum atomic E-state index is -1.55. The van der Waals surface area contributed by atoms with E-state index in [9.17, 15) is 44.4 Å². The van der Waals surface area contributed by atoms with Gasteiger partial charge in [-0.2, -0.15) is 0 Å². The van der Waals surface area contributed by atoms with E-state index in [4.69, 9.17) is 9.47 Å². The number of rotatable bonds is 17. The van der Waals surface area contributed by atoms with Crippen molar-refractivity contribution in [3.05, 3.63) is 124 Å². The first-order chi connectivity index (χ1) is 23.1. The Morgan fingerprint density at radius 3 is 1.79 bits per heavy atom. The standard InChI is InChI=1S/C37H32O11/c38-31(24-8-4-3-5-9-24)19-12-23-10-14-26(15-11-23)47-20-6-1-2-7-21-48-33-27(17-18-29(35(41)42)32(33)37(45)46)25-13-16-28(34(39)40)30(22-25)36(43)44/h3-5,8-19,22H,1-2,6-7,20-21H2,(H,39,40)(H,41,42)(H,43,44)(H,45,46). The zero-order valence-corrected chi connectivity index (χ0v) is 25.6. The number of carbonyl (C=O) groups is 5. The number of unbranched alkanes of at least 4 members (excludes halogenated alkanes) is 3. The highest BCUT2D eigenvalue weighted by Crippen LogP contribution is 2.37. The molecule has 4 rings (SSSR count). The van der Waals surface area contributed by atoms with Crippen LogP contribution in [0.4, 0.5) is 0 Å². The minimum absolute atomic E-state index is 0.0396. The number of aromatic carboxylic acids is 4. The van der Waals surface area contributed by atoms with Crippen molar-refractivity contribution in [1.82, 2.24) is 0 Å². The van der Waals surface area contributed by atoms with Gasteiger partial charge in [-0.25, -0.2) is 19.2 Å². The summed E-state index contributed by atoms with van der Waals surface area (Å²) in [6, 6.07) is 22.2. The number of ether oxygens (including phenoxy) is 2. The SMILES string of the molecule is O=C(C=Cc1ccc(OCCCCCCOc2c(-c3ccc(C(=O)O)c(C(=O)O)c3)ccc(C(=O)O)c2C(=O)O)cc1)c1ccccc1. The first kappa shape index (κ1) is 34.6. The molecule has 0 unspecified atom stereocenters. The minimum Gasteiger partial charge on any atom is -0.494 e. The quantitative estimate of drug-likeness (QED) is 0.0520. The monoisotopic (exact) mass is 652 g/mol. The highest BCUT2D eigenvalue weighted by Gasteiger charge is 2.26.